The van der Waals surface area contributed by atoms with Crippen LogP contribution in [-0.2, 0) is 13.1 Å². The van der Waals surface area contributed by atoms with Gasteiger partial charge in [0.25, 0.3) is 17.7 Å². The van der Waals surface area contributed by atoms with Crippen LogP contribution in [0.5, 0.6) is 0 Å². The van der Waals surface area contributed by atoms with Gasteiger partial charge in [0.2, 0.25) is 0 Å². The van der Waals surface area contributed by atoms with Crippen LogP contribution in [0.2, 0.25) is 5.02 Å². The van der Waals surface area contributed by atoms with Crippen molar-refractivity contribution in [3.05, 3.63) is 93.8 Å². The Kier molecular flexibility index (Phi) is 9.43. The van der Waals surface area contributed by atoms with Gasteiger partial charge in [0, 0.05) is 37.8 Å². The molecule has 3 N–H and O–H groups in total. The van der Waals surface area contributed by atoms with E-state index < -0.39 is 17.6 Å². The lowest BCUT2D eigenvalue weighted by atomic mass is 10.1. The molecule has 0 radical (unpaired) electrons. The predicted molar refractivity (Wildman–Crippen MR) is 133 cm³/mol. The van der Waals surface area contributed by atoms with Crippen molar-refractivity contribution < 1.29 is 18.8 Å². The van der Waals surface area contributed by atoms with Crippen LogP contribution in [0.1, 0.15) is 42.5 Å². The van der Waals surface area contributed by atoms with Crippen molar-refractivity contribution in [2.45, 2.75) is 13.1 Å². The molecule has 0 aliphatic heterocycles. The van der Waals surface area contributed by atoms with Crippen LogP contribution in [0.15, 0.2) is 54.9 Å². The Morgan fingerprint density at radius 2 is 1.42 bits per heavy atom. The van der Waals surface area contributed by atoms with Crippen LogP contribution in [0, 0.1) is 5.82 Å². The fourth-order valence-electron chi connectivity index (χ4n) is 3.07. The molecule has 0 unspecified atom stereocenters. The van der Waals surface area contributed by atoms with E-state index in [2.05, 4.69) is 25.9 Å². The molecule has 3 aromatic rings. The lowest BCUT2D eigenvalue weighted by Gasteiger charge is -2.11. The average molecular weight is 513 g/mol. The lowest BCUT2D eigenvalue weighted by molar-refractivity contribution is 0.0935. The number of halogens is 2. The van der Waals surface area contributed by atoms with E-state index in [1.165, 1.54) is 24.3 Å². The smallest absolute Gasteiger partial charge is 0.270 e. The van der Waals surface area contributed by atoms with Gasteiger partial charge >= 0.3 is 0 Å². The van der Waals surface area contributed by atoms with E-state index >= 15 is 0 Å². The SMILES string of the molecule is CN(C)CCNC(=O)c1ccc(CNC(=O)c2cc(C(=O)NCc3ccc(F)c(Cl)c3)ncn2)cc1. The number of amides is 3. The zero-order valence-corrected chi connectivity index (χ0v) is 20.6. The largest absolute Gasteiger partial charge is 0.351 e. The normalized spacial score (nSPS) is 10.7. The summed E-state index contributed by atoms with van der Waals surface area (Å²) in [5, 5.41) is 8.17. The van der Waals surface area contributed by atoms with E-state index in [9.17, 15) is 18.8 Å². The number of rotatable bonds is 10. The van der Waals surface area contributed by atoms with Gasteiger partial charge in [-0.05, 0) is 49.5 Å². The third kappa shape index (κ3) is 7.82. The number of carbonyl (C=O) groups is 3. The quantitative estimate of drug-likeness (QED) is 0.384. The summed E-state index contributed by atoms with van der Waals surface area (Å²) in [6, 6.07) is 12.3. The topological polar surface area (TPSA) is 116 Å². The Morgan fingerprint density at radius 3 is 2.00 bits per heavy atom. The van der Waals surface area contributed by atoms with Crippen molar-refractivity contribution in [3.8, 4) is 0 Å². The second kappa shape index (κ2) is 12.7. The van der Waals surface area contributed by atoms with E-state index in [-0.39, 0.29) is 35.4 Å². The molecular weight excluding hydrogens is 487 g/mol. The molecule has 0 atom stereocenters. The summed E-state index contributed by atoms with van der Waals surface area (Å²) < 4.78 is 13.3. The van der Waals surface area contributed by atoms with Gasteiger partial charge in [0.05, 0.1) is 5.02 Å². The molecule has 0 saturated heterocycles. The van der Waals surface area contributed by atoms with Gasteiger partial charge in [-0.15, -0.1) is 0 Å². The first-order chi connectivity index (χ1) is 17.2. The van der Waals surface area contributed by atoms with Crippen molar-refractivity contribution >= 4 is 29.3 Å². The van der Waals surface area contributed by atoms with Gasteiger partial charge in [-0.25, -0.2) is 14.4 Å². The van der Waals surface area contributed by atoms with Gasteiger partial charge in [-0.3, -0.25) is 14.4 Å². The second-order valence-electron chi connectivity index (χ2n) is 8.16. The monoisotopic (exact) mass is 512 g/mol. The molecule has 3 rings (SSSR count). The highest BCUT2D eigenvalue weighted by molar-refractivity contribution is 6.30. The Labute approximate surface area is 213 Å². The summed E-state index contributed by atoms with van der Waals surface area (Å²) in [5.74, 6) is -1.72. The first-order valence-electron chi connectivity index (χ1n) is 11.1. The Hall–Kier alpha value is -3.89. The fourth-order valence-corrected chi connectivity index (χ4v) is 3.27. The summed E-state index contributed by atoms with van der Waals surface area (Å²) in [7, 11) is 3.86. The minimum atomic E-state index is -0.546. The first kappa shape index (κ1) is 26.7. The number of likely N-dealkylation sites (N-methyl/N-ethyl adjacent to an activating group) is 1. The summed E-state index contributed by atoms with van der Waals surface area (Å²) in [5.41, 5.74) is 1.96. The number of hydrogen-bond acceptors (Lipinski definition) is 6. The number of carbonyl (C=O) groups excluding carboxylic acids is 3. The van der Waals surface area contributed by atoms with Crippen molar-refractivity contribution in [2.24, 2.45) is 0 Å². The maximum absolute atomic E-state index is 13.3. The van der Waals surface area contributed by atoms with Crippen LogP contribution in [0.4, 0.5) is 4.39 Å². The van der Waals surface area contributed by atoms with Crippen molar-refractivity contribution in [1.29, 1.82) is 0 Å². The Balaban J connectivity index is 1.52. The Bertz CT molecular complexity index is 1240. The van der Waals surface area contributed by atoms with Crippen molar-refractivity contribution in [2.75, 3.05) is 27.2 Å². The van der Waals surface area contributed by atoms with Crippen LogP contribution >= 0.6 is 11.6 Å². The molecule has 0 bridgehead atoms. The standard InChI is InChI=1S/C25H26ClFN6O3/c1-33(2)10-9-28-23(34)18-6-3-16(4-7-18)13-29-24(35)21-12-22(32-15-31-21)25(36)30-14-17-5-8-20(27)19(26)11-17/h3-8,11-12,15H,9-10,13-14H2,1-2H3,(H,28,34)(H,29,35)(H,30,36). The molecule has 0 spiro atoms. The molecule has 1 aromatic heterocycles. The fraction of sp³-hybridized carbons (Fsp3) is 0.240. The highest BCUT2D eigenvalue weighted by Crippen LogP contribution is 2.16. The molecule has 3 amide bonds. The van der Waals surface area contributed by atoms with E-state index in [1.54, 1.807) is 24.3 Å². The van der Waals surface area contributed by atoms with Crippen LogP contribution in [-0.4, -0.2) is 59.8 Å². The maximum Gasteiger partial charge on any atom is 0.270 e. The molecule has 188 valence electrons. The van der Waals surface area contributed by atoms with E-state index in [1.807, 2.05) is 19.0 Å². The molecule has 0 saturated carbocycles. The molecule has 0 aliphatic rings. The lowest BCUT2D eigenvalue weighted by Crippen LogP contribution is -2.31. The molecule has 2 aromatic carbocycles. The number of hydrogen-bond donors (Lipinski definition) is 3. The molecule has 11 heteroatoms. The number of aromatic nitrogens is 2. The summed E-state index contributed by atoms with van der Waals surface area (Å²) in [4.78, 5) is 47.0. The van der Waals surface area contributed by atoms with Gasteiger partial charge < -0.3 is 20.9 Å². The van der Waals surface area contributed by atoms with Gasteiger partial charge in [-0.2, -0.15) is 0 Å². The van der Waals surface area contributed by atoms with E-state index in [0.717, 1.165) is 18.4 Å². The molecule has 0 aliphatic carbocycles. The van der Waals surface area contributed by atoms with Crippen molar-refractivity contribution in [1.82, 2.24) is 30.8 Å². The number of benzene rings is 2. The van der Waals surface area contributed by atoms with Gasteiger partial charge in [0.15, 0.2) is 0 Å². The molecule has 36 heavy (non-hydrogen) atoms. The molecule has 1 heterocycles. The zero-order chi connectivity index (χ0) is 26.1. The van der Waals surface area contributed by atoms with Crippen LogP contribution < -0.4 is 16.0 Å². The number of nitrogens with one attached hydrogen (secondary N) is 3. The first-order valence-corrected chi connectivity index (χ1v) is 11.4. The number of nitrogens with zero attached hydrogens (tertiary/aromatic N) is 3. The minimum absolute atomic E-state index is 0.00740. The summed E-state index contributed by atoms with van der Waals surface area (Å²) >= 11 is 5.75. The van der Waals surface area contributed by atoms with Gasteiger partial charge in [-0.1, -0.05) is 29.8 Å². The average Bonchev–Trinajstić information content (AvgIpc) is 2.87. The molecular formula is C25H26ClFN6O3. The van der Waals surface area contributed by atoms with Gasteiger partial charge in [0.1, 0.15) is 23.5 Å². The van der Waals surface area contributed by atoms with E-state index in [0.29, 0.717) is 17.7 Å². The van der Waals surface area contributed by atoms with Crippen molar-refractivity contribution in [3.63, 3.8) is 0 Å². The predicted octanol–water partition coefficient (Wildman–Crippen LogP) is 2.42. The zero-order valence-electron chi connectivity index (χ0n) is 19.8. The molecule has 9 nitrogen and oxygen atoms in total. The third-order valence-electron chi connectivity index (χ3n) is 5.08. The maximum atomic E-state index is 13.3. The second-order valence-corrected chi connectivity index (χ2v) is 8.57. The third-order valence-corrected chi connectivity index (χ3v) is 5.37. The van der Waals surface area contributed by atoms with Crippen LogP contribution in [0.25, 0.3) is 0 Å². The summed E-state index contributed by atoms with van der Waals surface area (Å²) in [6.07, 6.45) is 1.13. The molecule has 0 fully saturated rings. The van der Waals surface area contributed by atoms with E-state index in [4.69, 9.17) is 11.6 Å². The van der Waals surface area contributed by atoms with Crippen LogP contribution in [0.3, 0.4) is 0 Å². The minimum Gasteiger partial charge on any atom is -0.351 e. The summed E-state index contributed by atoms with van der Waals surface area (Å²) in [6.45, 7) is 1.60. The Morgan fingerprint density at radius 1 is 0.833 bits per heavy atom. The highest BCUT2D eigenvalue weighted by atomic mass is 35.5. The highest BCUT2D eigenvalue weighted by Gasteiger charge is 2.14.